The third kappa shape index (κ3) is 2.26. The molecule has 2 heterocycles. The second kappa shape index (κ2) is 6.15. The first-order chi connectivity index (χ1) is 12.2. The summed E-state index contributed by atoms with van der Waals surface area (Å²) in [6.45, 7) is 5.78. The predicted octanol–water partition coefficient (Wildman–Crippen LogP) is 3.36. The van der Waals surface area contributed by atoms with Crippen molar-refractivity contribution in [2.24, 2.45) is 0 Å². The molecule has 2 atom stereocenters. The van der Waals surface area contributed by atoms with Gasteiger partial charge in [-0.1, -0.05) is 18.2 Å². The molecule has 0 unspecified atom stereocenters. The van der Waals surface area contributed by atoms with Gasteiger partial charge >= 0.3 is 6.09 Å². The van der Waals surface area contributed by atoms with Crippen molar-refractivity contribution in [2.45, 2.75) is 31.2 Å². The zero-order valence-electron chi connectivity index (χ0n) is 14.4. The number of benzene rings is 1. The summed E-state index contributed by atoms with van der Waals surface area (Å²) in [4.78, 5) is 26.6. The van der Waals surface area contributed by atoms with E-state index in [0.717, 1.165) is 55.1 Å². The molecule has 1 aromatic carbocycles. The number of piperidine rings is 1. The van der Waals surface area contributed by atoms with E-state index in [4.69, 9.17) is 4.74 Å². The average molecular weight is 338 g/mol. The summed E-state index contributed by atoms with van der Waals surface area (Å²) in [7, 11) is 1.34. The van der Waals surface area contributed by atoms with E-state index in [2.05, 4.69) is 17.5 Å². The molecule has 0 spiro atoms. The zero-order valence-corrected chi connectivity index (χ0v) is 14.4. The molecule has 1 saturated heterocycles. The lowest BCUT2D eigenvalue weighted by atomic mass is 9.74. The van der Waals surface area contributed by atoms with Crippen LogP contribution in [-0.2, 0) is 11.2 Å². The Morgan fingerprint density at radius 2 is 2.28 bits per heavy atom. The Morgan fingerprint density at radius 1 is 1.44 bits per heavy atom. The summed E-state index contributed by atoms with van der Waals surface area (Å²) in [6, 6.07) is 6.37. The van der Waals surface area contributed by atoms with E-state index in [1.54, 1.807) is 0 Å². The number of likely N-dealkylation sites (tertiary alicyclic amines) is 1. The Morgan fingerprint density at radius 3 is 3.00 bits per heavy atom. The van der Waals surface area contributed by atoms with Crippen LogP contribution in [0.25, 0.3) is 10.9 Å². The molecule has 1 aliphatic heterocycles. The Labute approximate surface area is 146 Å². The van der Waals surface area contributed by atoms with Crippen LogP contribution >= 0.6 is 0 Å². The number of methoxy groups -OCH3 is 1. The number of hydrogen-bond donors (Lipinski definition) is 0. The molecular weight excluding hydrogens is 316 g/mol. The van der Waals surface area contributed by atoms with Crippen molar-refractivity contribution in [3.8, 4) is 0 Å². The van der Waals surface area contributed by atoms with Crippen LogP contribution in [0.4, 0.5) is 4.79 Å². The lowest BCUT2D eigenvalue weighted by Crippen LogP contribution is -2.46. The summed E-state index contributed by atoms with van der Waals surface area (Å²) in [5.74, 6) is 0.429. The topological polar surface area (TPSA) is 51.5 Å². The van der Waals surface area contributed by atoms with Crippen molar-refractivity contribution in [1.82, 2.24) is 9.47 Å². The number of fused-ring (bicyclic) bond motifs is 2. The maximum atomic E-state index is 12.3. The molecule has 0 saturated carbocycles. The smallest absolute Gasteiger partial charge is 0.418 e. The molecule has 5 heteroatoms. The average Bonchev–Trinajstić information content (AvgIpc) is 2.97. The van der Waals surface area contributed by atoms with Gasteiger partial charge < -0.3 is 4.74 Å². The molecule has 25 heavy (non-hydrogen) atoms. The Hall–Kier alpha value is -2.40. The lowest BCUT2D eigenvalue weighted by Gasteiger charge is -2.43. The van der Waals surface area contributed by atoms with Crippen LogP contribution < -0.4 is 0 Å². The summed E-state index contributed by atoms with van der Waals surface area (Å²) in [6.07, 6.45) is 5.29. The van der Waals surface area contributed by atoms with Crippen LogP contribution in [0, 0.1) is 0 Å². The van der Waals surface area contributed by atoms with Crippen molar-refractivity contribution >= 4 is 23.3 Å². The summed E-state index contributed by atoms with van der Waals surface area (Å²) < 4.78 is 6.35. The minimum absolute atomic E-state index is 0.344. The van der Waals surface area contributed by atoms with Gasteiger partial charge in [-0.25, -0.2) is 9.36 Å². The monoisotopic (exact) mass is 338 g/mol. The highest BCUT2D eigenvalue weighted by molar-refractivity contribution is 6.02. The number of nitrogens with zero attached hydrogens (tertiary/aromatic N) is 2. The fraction of sp³-hybridized carbons (Fsp3) is 0.400. The molecule has 130 valence electrons. The van der Waals surface area contributed by atoms with Gasteiger partial charge in [0, 0.05) is 23.9 Å². The van der Waals surface area contributed by atoms with Crippen LogP contribution in [-0.4, -0.2) is 48.1 Å². The number of aldehydes is 1. The third-order valence-electron chi connectivity index (χ3n) is 5.71. The van der Waals surface area contributed by atoms with Crippen LogP contribution in [0.1, 0.15) is 40.4 Å². The molecule has 0 N–H and O–H groups in total. The van der Waals surface area contributed by atoms with Crippen LogP contribution in [0.5, 0.6) is 0 Å². The normalized spacial score (nSPS) is 22.4. The van der Waals surface area contributed by atoms with Gasteiger partial charge in [0.2, 0.25) is 0 Å². The maximum Gasteiger partial charge on any atom is 0.418 e. The first-order valence-electron chi connectivity index (χ1n) is 8.75. The van der Waals surface area contributed by atoms with Gasteiger partial charge in [-0.3, -0.25) is 9.69 Å². The standard InChI is InChI=1S/C20H22N2O3/c1-3-9-21-10-5-7-13-14-6-4-8-16-19(14)15(11-17(13)21)18(12-23)22(16)20(24)25-2/h3-4,6,8,12-13,17H,1,5,7,9-11H2,2H3/t13-,17-/m1/s1. The number of rotatable bonds is 3. The molecule has 1 aliphatic carbocycles. The van der Waals surface area contributed by atoms with Gasteiger partial charge in [0.05, 0.1) is 18.3 Å². The SMILES string of the molecule is C=CCN1CCC[C@@H]2c3cccc4c3c(c(C=O)n4C(=O)OC)C[C@H]21. The van der Waals surface area contributed by atoms with Crippen LogP contribution in [0.3, 0.4) is 0 Å². The fourth-order valence-corrected chi connectivity index (χ4v) is 4.76. The van der Waals surface area contributed by atoms with E-state index >= 15 is 0 Å². The van der Waals surface area contributed by atoms with Gasteiger partial charge in [0.1, 0.15) is 0 Å². The molecule has 1 fully saturated rings. The van der Waals surface area contributed by atoms with Crippen molar-refractivity contribution < 1.29 is 14.3 Å². The first kappa shape index (κ1) is 16.1. The van der Waals surface area contributed by atoms with E-state index in [9.17, 15) is 9.59 Å². The number of ether oxygens (including phenoxy) is 1. The lowest BCUT2D eigenvalue weighted by molar-refractivity contribution is 0.110. The van der Waals surface area contributed by atoms with Crippen molar-refractivity contribution in [2.75, 3.05) is 20.2 Å². The summed E-state index contributed by atoms with van der Waals surface area (Å²) in [5, 5.41) is 1.07. The van der Waals surface area contributed by atoms with Gasteiger partial charge in [-0.2, -0.15) is 0 Å². The zero-order chi connectivity index (χ0) is 17.6. The van der Waals surface area contributed by atoms with Gasteiger partial charge in [-0.05, 0) is 43.0 Å². The van der Waals surface area contributed by atoms with Crippen LogP contribution in [0.15, 0.2) is 30.9 Å². The molecule has 0 amide bonds. The quantitative estimate of drug-likeness (QED) is 0.636. The van der Waals surface area contributed by atoms with E-state index < -0.39 is 6.09 Å². The number of carbonyl (C=O) groups is 2. The van der Waals surface area contributed by atoms with Crippen LogP contribution in [0.2, 0.25) is 0 Å². The molecule has 2 aliphatic rings. The minimum atomic E-state index is -0.511. The fourth-order valence-electron chi connectivity index (χ4n) is 4.76. The summed E-state index contributed by atoms with van der Waals surface area (Å²) >= 11 is 0. The van der Waals surface area contributed by atoms with E-state index in [0.29, 0.717) is 17.7 Å². The molecule has 5 nitrogen and oxygen atoms in total. The Kier molecular flexibility index (Phi) is 3.96. The second-order valence-corrected chi connectivity index (χ2v) is 6.83. The summed E-state index contributed by atoms with van der Waals surface area (Å²) in [5.41, 5.74) is 3.43. The van der Waals surface area contributed by atoms with E-state index in [-0.39, 0.29) is 0 Å². The van der Waals surface area contributed by atoms with Gasteiger partial charge in [0.25, 0.3) is 0 Å². The van der Waals surface area contributed by atoms with Crippen molar-refractivity contribution in [3.05, 3.63) is 47.7 Å². The van der Waals surface area contributed by atoms with E-state index in [1.165, 1.54) is 17.2 Å². The highest BCUT2D eigenvalue weighted by Gasteiger charge is 2.39. The van der Waals surface area contributed by atoms with E-state index in [1.807, 2.05) is 18.2 Å². The van der Waals surface area contributed by atoms with Crippen molar-refractivity contribution in [3.63, 3.8) is 0 Å². The van der Waals surface area contributed by atoms with Gasteiger partial charge in [-0.15, -0.1) is 6.58 Å². The number of hydrogen-bond acceptors (Lipinski definition) is 4. The largest absolute Gasteiger partial charge is 0.452 e. The molecule has 0 radical (unpaired) electrons. The number of carbonyl (C=O) groups excluding carboxylic acids is 2. The van der Waals surface area contributed by atoms with Gasteiger partial charge in [0.15, 0.2) is 6.29 Å². The Balaban J connectivity index is 1.96. The molecule has 4 rings (SSSR count). The highest BCUT2D eigenvalue weighted by atomic mass is 16.5. The molecule has 2 aromatic rings. The second-order valence-electron chi connectivity index (χ2n) is 6.83. The van der Waals surface area contributed by atoms with Crippen molar-refractivity contribution in [1.29, 1.82) is 0 Å². The minimum Gasteiger partial charge on any atom is -0.452 e. The molecule has 1 aromatic heterocycles. The predicted molar refractivity (Wildman–Crippen MR) is 96.4 cm³/mol. The third-order valence-corrected chi connectivity index (χ3v) is 5.71. The Bertz CT molecular complexity index is 867. The maximum absolute atomic E-state index is 12.3. The highest BCUT2D eigenvalue weighted by Crippen LogP contribution is 2.45. The molecule has 0 bridgehead atoms. The first-order valence-corrected chi connectivity index (χ1v) is 8.75. The molecular formula is C20H22N2O3. The number of aromatic nitrogens is 1.